The van der Waals surface area contributed by atoms with E-state index in [2.05, 4.69) is 0 Å². The largest absolute Gasteiger partial charge is 0.367 e. The number of methoxy groups -OCH3 is 1. The average molecular weight is 248 g/mol. The molecule has 0 N–H and O–H groups in total. The molecule has 0 spiro atoms. The summed E-state index contributed by atoms with van der Waals surface area (Å²) in [5, 5.41) is 1.16. The predicted octanol–water partition coefficient (Wildman–Crippen LogP) is 3.78. The van der Waals surface area contributed by atoms with E-state index in [-0.39, 0.29) is 10.1 Å². The first kappa shape index (κ1) is 10.7. The number of hydrogen-bond donors (Lipinski definition) is 0. The Kier molecular flexibility index (Phi) is 3.02. The van der Waals surface area contributed by atoms with Crippen molar-refractivity contribution in [1.29, 1.82) is 0 Å². The summed E-state index contributed by atoms with van der Waals surface area (Å²) >= 11 is 23.3. The SMILES string of the molecule is COC1(C)C(Cl)=C(Cl)C(Cl)=C1Cl. The van der Waals surface area contributed by atoms with Crippen molar-refractivity contribution in [1.82, 2.24) is 0 Å². The molecule has 1 nitrogen and oxygen atoms in total. The van der Waals surface area contributed by atoms with Crippen LogP contribution in [0.4, 0.5) is 0 Å². The van der Waals surface area contributed by atoms with Crippen LogP contribution in [0.25, 0.3) is 0 Å². The van der Waals surface area contributed by atoms with Gasteiger partial charge in [0.25, 0.3) is 0 Å². The molecule has 0 aromatic carbocycles. The molecule has 1 rings (SSSR count). The zero-order chi connectivity index (χ0) is 9.52. The Bertz CT molecular complexity index is 255. The monoisotopic (exact) mass is 246 g/mol. The van der Waals surface area contributed by atoms with Crippen molar-refractivity contribution in [3.05, 3.63) is 20.1 Å². The Labute approximate surface area is 90.9 Å². The van der Waals surface area contributed by atoms with Crippen molar-refractivity contribution in [3.8, 4) is 0 Å². The van der Waals surface area contributed by atoms with Gasteiger partial charge in [-0.15, -0.1) is 0 Å². The van der Waals surface area contributed by atoms with Gasteiger partial charge in [0, 0.05) is 7.11 Å². The van der Waals surface area contributed by atoms with Gasteiger partial charge in [-0.3, -0.25) is 0 Å². The minimum Gasteiger partial charge on any atom is -0.367 e. The van der Waals surface area contributed by atoms with Gasteiger partial charge in [0.05, 0.1) is 20.1 Å². The number of rotatable bonds is 1. The first-order chi connectivity index (χ1) is 5.45. The average Bonchev–Trinajstić information content (AvgIpc) is 2.22. The van der Waals surface area contributed by atoms with E-state index < -0.39 is 5.60 Å². The lowest BCUT2D eigenvalue weighted by Crippen LogP contribution is -2.26. The molecular formula is C7H6Cl4O. The van der Waals surface area contributed by atoms with Crippen molar-refractivity contribution < 1.29 is 4.74 Å². The molecule has 0 aliphatic heterocycles. The van der Waals surface area contributed by atoms with Gasteiger partial charge < -0.3 is 4.74 Å². The first-order valence-electron chi connectivity index (χ1n) is 3.12. The van der Waals surface area contributed by atoms with Gasteiger partial charge in [0.15, 0.2) is 0 Å². The smallest absolute Gasteiger partial charge is 0.139 e. The highest BCUT2D eigenvalue weighted by molar-refractivity contribution is 6.53. The van der Waals surface area contributed by atoms with E-state index in [0.717, 1.165) is 0 Å². The Morgan fingerprint density at radius 2 is 1.33 bits per heavy atom. The molecule has 68 valence electrons. The Hall–Kier alpha value is 0.600. The summed E-state index contributed by atoms with van der Waals surface area (Å²) in [5.74, 6) is 0. The summed E-state index contributed by atoms with van der Waals surface area (Å²) in [7, 11) is 1.49. The molecule has 0 heterocycles. The van der Waals surface area contributed by atoms with Crippen LogP contribution in [0.2, 0.25) is 0 Å². The zero-order valence-electron chi connectivity index (χ0n) is 6.42. The lowest BCUT2D eigenvalue weighted by molar-refractivity contribution is 0.0848. The molecule has 1 aliphatic carbocycles. The van der Waals surface area contributed by atoms with E-state index in [1.165, 1.54) is 7.11 Å². The molecule has 1 aliphatic rings. The summed E-state index contributed by atoms with van der Waals surface area (Å²) in [6.45, 7) is 1.70. The molecule has 0 atom stereocenters. The molecule has 0 saturated heterocycles. The summed E-state index contributed by atoms with van der Waals surface area (Å²) in [4.78, 5) is 0. The summed E-state index contributed by atoms with van der Waals surface area (Å²) < 4.78 is 5.12. The van der Waals surface area contributed by atoms with Crippen molar-refractivity contribution in [3.63, 3.8) is 0 Å². The first-order valence-corrected chi connectivity index (χ1v) is 4.63. The molecular weight excluding hydrogens is 242 g/mol. The van der Waals surface area contributed by atoms with Crippen LogP contribution in [0.5, 0.6) is 0 Å². The third-order valence-corrected chi connectivity index (χ3v) is 3.97. The maximum atomic E-state index is 5.87. The van der Waals surface area contributed by atoms with Crippen LogP contribution >= 0.6 is 46.4 Å². The van der Waals surface area contributed by atoms with Crippen LogP contribution < -0.4 is 0 Å². The van der Waals surface area contributed by atoms with Crippen LogP contribution in [0, 0.1) is 0 Å². The molecule has 0 radical (unpaired) electrons. The van der Waals surface area contributed by atoms with E-state index in [4.69, 9.17) is 51.1 Å². The molecule has 12 heavy (non-hydrogen) atoms. The number of allylic oxidation sites excluding steroid dienone is 2. The molecule has 0 bridgehead atoms. The minimum atomic E-state index is -0.878. The van der Waals surface area contributed by atoms with Crippen LogP contribution in [-0.2, 0) is 4.74 Å². The highest BCUT2D eigenvalue weighted by Gasteiger charge is 2.41. The van der Waals surface area contributed by atoms with Crippen molar-refractivity contribution >= 4 is 46.4 Å². The van der Waals surface area contributed by atoms with Crippen LogP contribution in [0.1, 0.15) is 6.92 Å². The van der Waals surface area contributed by atoms with Gasteiger partial charge in [-0.2, -0.15) is 0 Å². The van der Waals surface area contributed by atoms with Gasteiger partial charge >= 0.3 is 0 Å². The number of halogens is 4. The second-order valence-electron chi connectivity index (χ2n) is 2.49. The lowest BCUT2D eigenvalue weighted by atomic mass is 10.1. The van der Waals surface area contributed by atoms with E-state index in [0.29, 0.717) is 10.1 Å². The molecule has 0 unspecified atom stereocenters. The quantitative estimate of drug-likeness (QED) is 0.685. The van der Waals surface area contributed by atoms with Crippen molar-refractivity contribution in [2.75, 3.05) is 7.11 Å². The molecule has 0 saturated carbocycles. The van der Waals surface area contributed by atoms with Gasteiger partial charge in [0.1, 0.15) is 5.60 Å². The summed E-state index contributed by atoms with van der Waals surface area (Å²) in [6.07, 6.45) is 0. The van der Waals surface area contributed by atoms with E-state index >= 15 is 0 Å². The second kappa shape index (κ2) is 3.39. The number of ether oxygens (including phenoxy) is 1. The lowest BCUT2D eigenvalue weighted by Gasteiger charge is -2.23. The highest BCUT2D eigenvalue weighted by Crippen LogP contribution is 2.49. The van der Waals surface area contributed by atoms with Crippen molar-refractivity contribution in [2.24, 2.45) is 0 Å². The fourth-order valence-electron chi connectivity index (χ4n) is 0.887. The minimum absolute atomic E-state index is 0.257. The van der Waals surface area contributed by atoms with Gasteiger partial charge in [-0.05, 0) is 6.92 Å². The second-order valence-corrected chi connectivity index (χ2v) is 4.01. The molecule has 5 heteroatoms. The normalized spacial score (nSPS) is 22.5. The van der Waals surface area contributed by atoms with Gasteiger partial charge in [0.2, 0.25) is 0 Å². The van der Waals surface area contributed by atoms with Crippen LogP contribution in [-0.4, -0.2) is 12.7 Å². The third kappa shape index (κ3) is 1.28. The Morgan fingerprint density at radius 1 is 1.00 bits per heavy atom. The topological polar surface area (TPSA) is 9.23 Å². The highest BCUT2D eigenvalue weighted by atomic mass is 35.5. The Balaban J connectivity index is 3.25. The predicted molar refractivity (Wildman–Crippen MR) is 52.9 cm³/mol. The van der Waals surface area contributed by atoms with Gasteiger partial charge in [-0.25, -0.2) is 0 Å². The fourth-order valence-corrected chi connectivity index (χ4v) is 2.11. The van der Waals surface area contributed by atoms with Crippen LogP contribution in [0.15, 0.2) is 20.1 Å². The standard InChI is InChI=1S/C7H6Cl4O/c1-7(12-2)5(10)3(8)4(9)6(7)11/h1-2H3. The maximum absolute atomic E-state index is 5.87. The third-order valence-electron chi connectivity index (χ3n) is 1.82. The van der Waals surface area contributed by atoms with E-state index in [1.807, 2.05) is 0 Å². The maximum Gasteiger partial charge on any atom is 0.139 e. The molecule has 0 aromatic heterocycles. The van der Waals surface area contributed by atoms with E-state index in [9.17, 15) is 0 Å². The van der Waals surface area contributed by atoms with E-state index in [1.54, 1.807) is 6.92 Å². The number of hydrogen-bond acceptors (Lipinski definition) is 1. The van der Waals surface area contributed by atoms with Crippen molar-refractivity contribution in [2.45, 2.75) is 12.5 Å². The van der Waals surface area contributed by atoms with Gasteiger partial charge in [-0.1, -0.05) is 46.4 Å². The molecule has 0 aromatic rings. The van der Waals surface area contributed by atoms with Crippen LogP contribution in [0.3, 0.4) is 0 Å². The molecule has 0 fully saturated rings. The fraction of sp³-hybridized carbons (Fsp3) is 0.429. The Morgan fingerprint density at radius 3 is 1.50 bits per heavy atom. The zero-order valence-corrected chi connectivity index (χ0v) is 9.44. The molecule has 0 amide bonds. The summed E-state index contributed by atoms with van der Waals surface area (Å²) in [6, 6.07) is 0. The summed E-state index contributed by atoms with van der Waals surface area (Å²) in [5.41, 5.74) is -0.878.